The predicted molar refractivity (Wildman–Crippen MR) is 58.5 cm³/mol. The van der Waals surface area contributed by atoms with Crippen molar-refractivity contribution in [1.82, 2.24) is 0 Å². The molecule has 4 heteroatoms. The van der Waals surface area contributed by atoms with E-state index in [2.05, 4.69) is 4.74 Å². The molecule has 0 bridgehead atoms. The minimum Gasteiger partial charge on any atom is -0.507 e. The number of hydrogen-bond donors (Lipinski definition) is 1. The quantitative estimate of drug-likeness (QED) is 0.481. The van der Waals surface area contributed by atoms with Crippen LogP contribution in [-0.4, -0.2) is 24.0 Å². The van der Waals surface area contributed by atoms with Crippen molar-refractivity contribution < 1.29 is 19.4 Å². The van der Waals surface area contributed by atoms with Crippen LogP contribution in [0.1, 0.15) is 27.9 Å². The highest BCUT2D eigenvalue weighted by molar-refractivity contribution is 6.06. The topological polar surface area (TPSA) is 63.6 Å². The first-order chi connectivity index (χ1) is 7.45. The average Bonchev–Trinajstić information content (AvgIpc) is 2.24. The third-order valence-corrected chi connectivity index (χ3v) is 2.35. The summed E-state index contributed by atoms with van der Waals surface area (Å²) in [6.07, 6.45) is -0.278. The van der Waals surface area contributed by atoms with Gasteiger partial charge in [0.2, 0.25) is 0 Å². The molecule has 1 N–H and O–H groups in total. The van der Waals surface area contributed by atoms with E-state index in [9.17, 15) is 14.7 Å². The van der Waals surface area contributed by atoms with Crippen molar-refractivity contribution in [3.8, 4) is 5.75 Å². The molecule has 0 saturated carbocycles. The number of esters is 1. The first-order valence-electron chi connectivity index (χ1n) is 4.86. The van der Waals surface area contributed by atoms with Crippen LogP contribution in [0.15, 0.2) is 12.1 Å². The molecule has 0 atom stereocenters. The molecule has 0 fully saturated rings. The second-order valence-electron chi connectivity index (χ2n) is 3.63. The molecule has 86 valence electrons. The Balaban J connectivity index is 2.97. The molecule has 0 saturated heterocycles. The van der Waals surface area contributed by atoms with Crippen LogP contribution in [0, 0.1) is 13.8 Å². The van der Waals surface area contributed by atoms with Gasteiger partial charge in [-0.25, -0.2) is 0 Å². The Morgan fingerprint density at radius 2 is 1.75 bits per heavy atom. The van der Waals surface area contributed by atoms with Crippen LogP contribution >= 0.6 is 0 Å². The first kappa shape index (κ1) is 12.2. The number of rotatable bonds is 3. The number of ketones is 1. The number of methoxy groups -OCH3 is 1. The van der Waals surface area contributed by atoms with Crippen molar-refractivity contribution in [2.24, 2.45) is 0 Å². The maximum atomic E-state index is 11.6. The van der Waals surface area contributed by atoms with Crippen molar-refractivity contribution in [2.45, 2.75) is 20.3 Å². The molecule has 0 aliphatic rings. The fourth-order valence-electron chi connectivity index (χ4n) is 1.42. The number of carbonyl (C=O) groups is 2. The zero-order valence-corrected chi connectivity index (χ0v) is 9.53. The smallest absolute Gasteiger partial charge is 0.313 e. The summed E-state index contributed by atoms with van der Waals surface area (Å²) in [6.45, 7) is 3.41. The van der Waals surface area contributed by atoms with Gasteiger partial charge in [0.05, 0.1) is 7.11 Å². The normalized spacial score (nSPS) is 9.94. The Labute approximate surface area is 93.9 Å². The number of Topliss-reactive ketones (excluding diaryl/α,β-unsaturated/α-hetero) is 1. The summed E-state index contributed by atoms with van der Waals surface area (Å²) < 4.78 is 4.42. The minimum absolute atomic E-state index is 0.176. The standard InChI is InChI=1S/C12H14O4/c1-7-4-9(5-8(2)12(7)15)10(13)6-11(14)16-3/h4-5,15H,6H2,1-3H3. The fourth-order valence-corrected chi connectivity index (χ4v) is 1.42. The van der Waals surface area contributed by atoms with Gasteiger partial charge in [-0.1, -0.05) is 0 Å². The van der Waals surface area contributed by atoms with Gasteiger partial charge in [-0.3, -0.25) is 9.59 Å². The van der Waals surface area contributed by atoms with Crippen LogP contribution in [0.3, 0.4) is 0 Å². The van der Waals surface area contributed by atoms with Gasteiger partial charge in [0.25, 0.3) is 0 Å². The average molecular weight is 222 g/mol. The summed E-state index contributed by atoms with van der Waals surface area (Å²) in [7, 11) is 1.24. The van der Waals surface area contributed by atoms with Crippen LogP contribution in [-0.2, 0) is 9.53 Å². The number of hydrogen-bond acceptors (Lipinski definition) is 4. The van der Waals surface area contributed by atoms with Gasteiger partial charge in [0, 0.05) is 5.56 Å². The molecule has 0 amide bonds. The molecule has 1 aromatic rings. The number of ether oxygens (including phenoxy) is 1. The molecule has 16 heavy (non-hydrogen) atoms. The lowest BCUT2D eigenvalue weighted by atomic mass is 10.0. The third kappa shape index (κ3) is 2.59. The molecule has 0 spiro atoms. The maximum absolute atomic E-state index is 11.6. The van der Waals surface area contributed by atoms with Crippen molar-refractivity contribution in [1.29, 1.82) is 0 Å². The highest BCUT2D eigenvalue weighted by Gasteiger charge is 2.14. The van der Waals surface area contributed by atoms with E-state index in [-0.39, 0.29) is 18.0 Å². The minimum atomic E-state index is -0.562. The van der Waals surface area contributed by atoms with E-state index in [1.54, 1.807) is 26.0 Å². The Morgan fingerprint density at radius 3 is 2.19 bits per heavy atom. The second-order valence-corrected chi connectivity index (χ2v) is 3.63. The van der Waals surface area contributed by atoms with Gasteiger partial charge < -0.3 is 9.84 Å². The summed E-state index contributed by atoms with van der Waals surface area (Å²) in [6, 6.07) is 3.13. The molecule has 1 aromatic carbocycles. The van der Waals surface area contributed by atoms with E-state index in [0.717, 1.165) is 0 Å². The van der Waals surface area contributed by atoms with Gasteiger partial charge in [-0.2, -0.15) is 0 Å². The molecule has 0 unspecified atom stereocenters. The summed E-state index contributed by atoms with van der Waals surface area (Å²) >= 11 is 0. The second kappa shape index (κ2) is 4.79. The largest absolute Gasteiger partial charge is 0.507 e. The Morgan fingerprint density at radius 1 is 1.25 bits per heavy atom. The van der Waals surface area contributed by atoms with Crippen LogP contribution in [0.2, 0.25) is 0 Å². The highest BCUT2D eigenvalue weighted by atomic mass is 16.5. The zero-order valence-electron chi connectivity index (χ0n) is 9.53. The number of aromatic hydroxyl groups is 1. The summed E-state index contributed by atoms with van der Waals surface area (Å²) in [4.78, 5) is 22.6. The number of phenolic OH excluding ortho intramolecular Hbond substituents is 1. The molecular formula is C12H14O4. The molecule has 0 aliphatic heterocycles. The zero-order chi connectivity index (χ0) is 12.3. The van der Waals surface area contributed by atoms with Crippen molar-refractivity contribution >= 4 is 11.8 Å². The number of phenols is 1. The Bertz CT molecular complexity index is 412. The van der Waals surface area contributed by atoms with Gasteiger partial charge >= 0.3 is 5.97 Å². The van der Waals surface area contributed by atoms with E-state index < -0.39 is 5.97 Å². The number of carbonyl (C=O) groups excluding carboxylic acids is 2. The predicted octanol–water partition coefficient (Wildman–Crippen LogP) is 1.75. The number of aryl methyl sites for hydroxylation is 2. The SMILES string of the molecule is COC(=O)CC(=O)c1cc(C)c(O)c(C)c1. The van der Waals surface area contributed by atoms with Gasteiger partial charge in [-0.05, 0) is 37.1 Å². The van der Waals surface area contributed by atoms with Crippen molar-refractivity contribution in [3.63, 3.8) is 0 Å². The summed E-state index contributed by atoms with van der Waals surface area (Å²) in [5, 5.41) is 9.54. The van der Waals surface area contributed by atoms with Crippen LogP contribution < -0.4 is 0 Å². The third-order valence-electron chi connectivity index (χ3n) is 2.35. The van der Waals surface area contributed by atoms with Crippen LogP contribution in [0.5, 0.6) is 5.75 Å². The van der Waals surface area contributed by atoms with Gasteiger partial charge in [0.15, 0.2) is 5.78 Å². The van der Waals surface area contributed by atoms with Crippen LogP contribution in [0.4, 0.5) is 0 Å². The molecule has 4 nitrogen and oxygen atoms in total. The van der Waals surface area contributed by atoms with E-state index in [1.807, 2.05) is 0 Å². The molecule has 0 aromatic heterocycles. The monoisotopic (exact) mass is 222 g/mol. The van der Waals surface area contributed by atoms with Crippen molar-refractivity contribution in [2.75, 3.05) is 7.11 Å². The molecule has 0 radical (unpaired) electrons. The number of benzene rings is 1. The van der Waals surface area contributed by atoms with Gasteiger partial charge in [0.1, 0.15) is 12.2 Å². The van der Waals surface area contributed by atoms with E-state index in [1.165, 1.54) is 7.11 Å². The molecular weight excluding hydrogens is 208 g/mol. The maximum Gasteiger partial charge on any atom is 0.313 e. The van der Waals surface area contributed by atoms with E-state index in [4.69, 9.17) is 0 Å². The van der Waals surface area contributed by atoms with Gasteiger partial charge in [-0.15, -0.1) is 0 Å². The lowest BCUT2D eigenvalue weighted by molar-refractivity contribution is -0.139. The Hall–Kier alpha value is -1.84. The Kier molecular flexibility index (Phi) is 3.66. The van der Waals surface area contributed by atoms with E-state index >= 15 is 0 Å². The van der Waals surface area contributed by atoms with Crippen LogP contribution in [0.25, 0.3) is 0 Å². The molecule has 1 rings (SSSR count). The fraction of sp³-hybridized carbons (Fsp3) is 0.333. The lowest BCUT2D eigenvalue weighted by Gasteiger charge is -2.06. The highest BCUT2D eigenvalue weighted by Crippen LogP contribution is 2.23. The van der Waals surface area contributed by atoms with Crippen molar-refractivity contribution in [3.05, 3.63) is 28.8 Å². The summed E-state index contributed by atoms with van der Waals surface area (Å²) in [5.74, 6) is -0.693. The molecule has 0 heterocycles. The first-order valence-corrected chi connectivity index (χ1v) is 4.86. The van der Waals surface area contributed by atoms with E-state index in [0.29, 0.717) is 16.7 Å². The summed E-state index contributed by atoms with van der Waals surface area (Å²) in [5.41, 5.74) is 1.65. The molecule has 0 aliphatic carbocycles. The lowest BCUT2D eigenvalue weighted by Crippen LogP contribution is -2.09.